The van der Waals surface area contributed by atoms with Gasteiger partial charge in [0.2, 0.25) is 8.32 Å². The van der Waals surface area contributed by atoms with Gasteiger partial charge < -0.3 is 28.1 Å². The minimum absolute atomic E-state index is 0.00271. The lowest BCUT2D eigenvalue weighted by atomic mass is 9.89. The summed E-state index contributed by atoms with van der Waals surface area (Å²) in [4.78, 5) is 0. The van der Waals surface area contributed by atoms with Crippen LogP contribution in [0.2, 0.25) is 16.6 Å². The third-order valence-corrected chi connectivity index (χ3v) is 13.8. The molecule has 2 rings (SSSR count). The summed E-state index contributed by atoms with van der Waals surface area (Å²) in [5.74, 6) is 6.39. The molecule has 0 radical (unpaired) electrons. The van der Waals surface area contributed by atoms with Crippen LogP contribution in [0, 0.1) is 17.8 Å². The van der Waals surface area contributed by atoms with Crippen LogP contribution in [0.5, 0.6) is 0 Å². The molecule has 0 amide bonds. The summed E-state index contributed by atoms with van der Waals surface area (Å²) in [6, 6.07) is 0. The molecule has 7 heteroatoms. The number of hydrogen-bond acceptors (Lipinski definition) is 6. The molecule has 0 aliphatic carbocycles. The van der Waals surface area contributed by atoms with E-state index in [1.807, 2.05) is 20.8 Å². The average molecular weight is 527 g/mol. The molecule has 5 atom stereocenters. The zero-order valence-corrected chi connectivity index (χ0v) is 25.7. The maximum atomic E-state index is 7.34. The first-order chi connectivity index (χ1) is 16.9. The minimum atomic E-state index is -2.09. The van der Waals surface area contributed by atoms with E-state index in [0.717, 1.165) is 12.8 Å². The smallest absolute Gasteiger partial charge is 0.200 e. The van der Waals surface area contributed by atoms with Crippen LogP contribution in [0.4, 0.5) is 0 Å². The van der Waals surface area contributed by atoms with Crippen LogP contribution in [0.1, 0.15) is 88.5 Å². The minimum Gasteiger partial charge on any atom is -0.410 e. The van der Waals surface area contributed by atoms with Gasteiger partial charge in [-0.2, -0.15) is 0 Å². The van der Waals surface area contributed by atoms with Gasteiger partial charge in [0.05, 0.1) is 38.1 Å². The second kappa shape index (κ2) is 14.6. The third-order valence-electron chi connectivity index (χ3n) is 7.72. The zero-order chi connectivity index (χ0) is 26.9. The van der Waals surface area contributed by atoms with Crippen molar-refractivity contribution in [3.63, 3.8) is 0 Å². The van der Waals surface area contributed by atoms with Crippen molar-refractivity contribution in [1.82, 2.24) is 0 Å². The van der Waals surface area contributed by atoms with Crippen molar-refractivity contribution < 1.29 is 28.1 Å². The fourth-order valence-corrected chi connectivity index (χ4v) is 11.7. The van der Waals surface area contributed by atoms with E-state index >= 15 is 0 Å². The Balaban J connectivity index is 2.25. The topological polar surface area (TPSA) is 55.4 Å². The van der Waals surface area contributed by atoms with Crippen LogP contribution < -0.4 is 0 Å². The van der Waals surface area contributed by atoms with Gasteiger partial charge in [-0.3, -0.25) is 0 Å². The highest BCUT2D eigenvalue weighted by molar-refractivity contribution is 6.77. The van der Waals surface area contributed by atoms with Crippen molar-refractivity contribution in [3.8, 4) is 11.8 Å². The molecule has 0 saturated carbocycles. The molecule has 6 nitrogen and oxygen atoms in total. The number of rotatable bonds is 11. The van der Waals surface area contributed by atoms with Crippen LogP contribution in [-0.4, -0.2) is 71.6 Å². The van der Waals surface area contributed by atoms with E-state index in [1.165, 1.54) is 0 Å². The number of ether oxygens (including phenoxy) is 5. The lowest BCUT2D eigenvalue weighted by molar-refractivity contribution is -0.323. The quantitative estimate of drug-likeness (QED) is 0.178. The number of fused-ring (bicyclic) bond motifs is 1. The Kier molecular flexibility index (Phi) is 12.9. The first-order valence-corrected chi connectivity index (χ1v) is 16.3. The molecule has 2 aliphatic heterocycles. The fraction of sp³-hybridized carbons (Fsp3) is 0.931. The van der Waals surface area contributed by atoms with E-state index in [1.54, 1.807) is 0 Å². The first kappa shape index (κ1) is 31.8. The summed E-state index contributed by atoms with van der Waals surface area (Å²) < 4.78 is 37.4. The summed E-state index contributed by atoms with van der Waals surface area (Å²) >= 11 is 0. The lowest BCUT2D eigenvalue weighted by Crippen LogP contribution is -2.57. The highest BCUT2D eigenvalue weighted by atomic mass is 28.4. The predicted octanol–water partition coefficient (Wildman–Crippen LogP) is 6.33. The van der Waals surface area contributed by atoms with E-state index in [2.05, 4.69) is 60.3 Å². The fourth-order valence-electron chi connectivity index (χ4n) is 6.13. The first-order valence-electron chi connectivity index (χ1n) is 14.2. The molecule has 36 heavy (non-hydrogen) atoms. The molecule has 0 aromatic heterocycles. The monoisotopic (exact) mass is 526 g/mol. The van der Waals surface area contributed by atoms with Crippen LogP contribution in [0.3, 0.4) is 0 Å². The Morgan fingerprint density at radius 2 is 1.56 bits per heavy atom. The van der Waals surface area contributed by atoms with Gasteiger partial charge in [-0.25, -0.2) is 0 Å². The van der Waals surface area contributed by atoms with Crippen molar-refractivity contribution in [2.75, 3.05) is 33.0 Å². The average Bonchev–Trinajstić information content (AvgIpc) is 2.77. The van der Waals surface area contributed by atoms with Crippen LogP contribution in [0.25, 0.3) is 0 Å². The van der Waals surface area contributed by atoms with E-state index < -0.39 is 14.1 Å². The van der Waals surface area contributed by atoms with Crippen LogP contribution >= 0.6 is 0 Å². The van der Waals surface area contributed by atoms with Gasteiger partial charge in [-0.15, -0.1) is 0 Å². The van der Waals surface area contributed by atoms with Crippen molar-refractivity contribution in [3.05, 3.63) is 0 Å². The molecule has 0 spiro atoms. The highest BCUT2D eigenvalue weighted by Crippen LogP contribution is 2.45. The van der Waals surface area contributed by atoms with Gasteiger partial charge in [-0.1, -0.05) is 60.3 Å². The molecule has 2 aliphatic rings. The van der Waals surface area contributed by atoms with E-state index in [0.29, 0.717) is 62.0 Å². The van der Waals surface area contributed by atoms with Gasteiger partial charge in [0.15, 0.2) is 5.79 Å². The molecule has 0 N–H and O–H groups in total. The van der Waals surface area contributed by atoms with Gasteiger partial charge >= 0.3 is 0 Å². The van der Waals surface area contributed by atoms with Crippen molar-refractivity contribution in [2.45, 2.75) is 135 Å². The van der Waals surface area contributed by atoms with Crippen LogP contribution in [-0.2, 0) is 28.1 Å². The second-order valence-corrected chi connectivity index (χ2v) is 17.3. The largest absolute Gasteiger partial charge is 0.410 e. The second-order valence-electron chi connectivity index (χ2n) is 11.9. The molecular weight excluding hydrogens is 472 g/mol. The van der Waals surface area contributed by atoms with E-state index in [4.69, 9.17) is 28.1 Å². The normalized spacial score (nSPS) is 29.0. The molecule has 0 unspecified atom stereocenters. The van der Waals surface area contributed by atoms with E-state index in [9.17, 15) is 0 Å². The third kappa shape index (κ3) is 8.79. The predicted molar refractivity (Wildman–Crippen MR) is 148 cm³/mol. The van der Waals surface area contributed by atoms with Gasteiger partial charge in [0, 0.05) is 13.0 Å². The number of hydrogen-bond donors (Lipinski definition) is 0. The molecule has 0 bridgehead atoms. The lowest BCUT2D eigenvalue weighted by Gasteiger charge is -2.49. The molecule has 2 heterocycles. The maximum absolute atomic E-state index is 7.34. The van der Waals surface area contributed by atoms with E-state index in [-0.39, 0.29) is 24.4 Å². The summed E-state index contributed by atoms with van der Waals surface area (Å²) in [5.41, 5.74) is 1.54. The maximum Gasteiger partial charge on any atom is 0.200 e. The Morgan fingerprint density at radius 3 is 2.17 bits per heavy atom. The summed E-state index contributed by atoms with van der Waals surface area (Å²) in [7, 11) is -2.09. The van der Waals surface area contributed by atoms with Crippen molar-refractivity contribution >= 4 is 8.32 Å². The summed E-state index contributed by atoms with van der Waals surface area (Å²) in [6.07, 6.45) is 2.28. The molecule has 210 valence electrons. The molecule has 2 saturated heterocycles. The molecular formula is C29H54O6Si. The molecule has 0 aromatic carbocycles. The summed E-state index contributed by atoms with van der Waals surface area (Å²) in [6.45, 7) is 25.1. The standard InChI is InChI=1S/C29H54O6Si/c1-11-30-16-17-31-15-13-12-14-25-27(35-36(21(2)3,22(4)5)23(6)7)19-24(8)18-26-28(33-25)20-32-29(9,10)34-26/h21-28H,11,14-20H2,1-10H3/t24-,25+,26+,27-,28-/m0/s1. The van der Waals surface area contributed by atoms with Crippen molar-refractivity contribution in [2.24, 2.45) is 5.92 Å². The summed E-state index contributed by atoms with van der Waals surface area (Å²) in [5, 5.41) is 0. The Morgan fingerprint density at radius 1 is 0.917 bits per heavy atom. The van der Waals surface area contributed by atoms with Crippen LogP contribution in [0.15, 0.2) is 0 Å². The SMILES string of the molecule is CCOCCOCC#CC[C@H]1O[C@H]2COC(C)(C)O[C@@H]2C[C@H](C)C[C@@H]1O[Si](C(C)C)(C(C)C)C(C)C. The Hall–Kier alpha value is -0.463. The zero-order valence-electron chi connectivity index (χ0n) is 24.7. The molecule has 0 aromatic rings. The Bertz CT molecular complexity index is 676. The molecule has 2 fully saturated rings. The van der Waals surface area contributed by atoms with Gasteiger partial charge in [-0.05, 0) is 56.2 Å². The van der Waals surface area contributed by atoms with Gasteiger partial charge in [0.25, 0.3) is 0 Å². The van der Waals surface area contributed by atoms with Gasteiger partial charge in [0.1, 0.15) is 12.7 Å². The highest BCUT2D eigenvalue weighted by Gasteiger charge is 2.49. The Labute approximate surface area is 222 Å². The van der Waals surface area contributed by atoms with Crippen molar-refractivity contribution in [1.29, 1.82) is 0 Å².